The molecule has 8 nitrogen and oxygen atoms in total. The fourth-order valence-electron chi connectivity index (χ4n) is 4.86. The van der Waals surface area contributed by atoms with Crippen molar-refractivity contribution in [2.75, 3.05) is 44.2 Å². The third kappa shape index (κ3) is 7.46. The summed E-state index contributed by atoms with van der Waals surface area (Å²) >= 11 is 0. The highest BCUT2D eigenvalue weighted by Gasteiger charge is 2.32. The molecule has 4 rings (SSSR count). The summed E-state index contributed by atoms with van der Waals surface area (Å²) in [5.41, 5.74) is 1.34. The second-order valence-electron chi connectivity index (χ2n) is 9.48. The van der Waals surface area contributed by atoms with Crippen molar-refractivity contribution < 1.29 is 22.7 Å². The number of piperazine rings is 1. The minimum atomic E-state index is -4.78. The van der Waals surface area contributed by atoms with Crippen molar-refractivity contribution in [2.45, 2.75) is 45.1 Å². The van der Waals surface area contributed by atoms with E-state index in [9.17, 15) is 18.0 Å². The van der Waals surface area contributed by atoms with Gasteiger partial charge in [-0.1, -0.05) is 30.3 Å². The number of amides is 2. The summed E-state index contributed by atoms with van der Waals surface area (Å²) in [7, 11) is 0. The van der Waals surface area contributed by atoms with Crippen molar-refractivity contribution in [3.8, 4) is 5.75 Å². The average Bonchev–Trinajstić information content (AvgIpc) is 2.85. The smallest absolute Gasteiger partial charge is 0.402 e. The quantitative estimate of drug-likeness (QED) is 0.614. The summed E-state index contributed by atoms with van der Waals surface area (Å²) in [5, 5.41) is 3.07. The lowest BCUT2D eigenvalue weighted by Crippen LogP contribution is -2.57. The molecule has 1 unspecified atom stereocenters. The number of nitrogens with zero attached hydrogens (tertiary/aromatic N) is 5. The molecule has 2 aliphatic heterocycles. The molecule has 2 aliphatic rings. The number of carbonyl (C=O) groups is 1. The number of hydrogen-bond acceptors (Lipinski definition) is 6. The zero-order valence-electron chi connectivity index (χ0n) is 20.5. The van der Waals surface area contributed by atoms with E-state index in [1.54, 1.807) is 4.90 Å². The average molecular weight is 507 g/mol. The summed E-state index contributed by atoms with van der Waals surface area (Å²) in [6, 6.07) is 10.4. The van der Waals surface area contributed by atoms with E-state index in [1.807, 2.05) is 17.9 Å². The molecular formula is C25H33F3N6O2. The zero-order valence-corrected chi connectivity index (χ0v) is 20.5. The van der Waals surface area contributed by atoms with Crippen LogP contribution >= 0.6 is 0 Å². The molecule has 1 aromatic heterocycles. The van der Waals surface area contributed by atoms with Gasteiger partial charge in [-0.3, -0.25) is 4.90 Å². The topological polar surface area (TPSA) is 73.8 Å². The molecule has 2 amide bonds. The van der Waals surface area contributed by atoms with Crippen molar-refractivity contribution in [1.29, 1.82) is 0 Å². The Bertz CT molecular complexity index is 968. The SMILES string of the molecule is CC1CN(c2ncc(OC(F)(F)F)cn2)CCN1C(=O)NCCC1CCN(Cc2ccccc2)CC1. The molecule has 3 heterocycles. The van der Waals surface area contributed by atoms with E-state index in [-0.39, 0.29) is 12.1 Å². The van der Waals surface area contributed by atoms with Crippen LogP contribution in [0, 0.1) is 5.92 Å². The molecule has 11 heteroatoms. The molecule has 196 valence electrons. The lowest BCUT2D eigenvalue weighted by atomic mass is 9.93. The second kappa shape index (κ2) is 11.8. The third-order valence-corrected chi connectivity index (χ3v) is 6.80. The number of likely N-dealkylation sites (tertiary alicyclic amines) is 1. The van der Waals surface area contributed by atoms with E-state index < -0.39 is 12.1 Å². The van der Waals surface area contributed by atoms with E-state index in [0.29, 0.717) is 38.0 Å². The van der Waals surface area contributed by atoms with Crippen molar-refractivity contribution in [3.05, 3.63) is 48.3 Å². The van der Waals surface area contributed by atoms with Gasteiger partial charge < -0.3 is 19.9 Å². The Kier molecular flexibility index (Phi) is 8.50. The minimum absolute atomic E-state index is 0.0847. The maximum atomic E-state index is 12.8. The van der Waals surface area contributed by atoms with E-state index in [4.69, 9.17) is 0 Å². The van der Waals surface area contributed by atoms with Gasteiger partial charge in [0, 0.05) is 38.8 Å². The van der Waals surface area contributed by atoms with Gasteiger partial charge in [0.15, 0.2) is 5.75 Å². The molecule has 2 saturated heterocycles. The second-order valence-corrected chi connectivity index (χ2v) is 9.48. The predicted octanol–water partition coefficient (Wildman–Crippen LogP) is 3.90. The number of rotatable bonds is 7. The molecular weight excluding hydrogens is 473 g/mol. The summed E-state index contributed by atoms with van der Waals surface area (Å²) in [4.78, 5) is 26.9. The number of alkyl halides is 3. The van der Waals surface area contributed by atoms with Gasteiger partial charge in [-0.25, -0.2) is 14.8 Å². The minimum Gasteiger partial charge on any atom is -0.402 e. The van der Waals surface area contributed by atoms with E-state index in [1.165, 1.54) is 5.56 Å². The molecule has 0 radical (unpaired) electrons. The van der Waals surface area contributed by atoms with Crippen LogP contribution in [0.25, 0.3) is 0 Å². The van der Waals surface area contributed by atoms with Crippen LogP contribution in [-0.2, 0) is 6.54 Å². The van der Waals surface area contributed by atoms with Gasteiger partial charge in [-0.15, -0.1) is 13.2 Å². The first-order valence-corrected chi connectivity index (χ1v) is 12.4. The molecule has 2 fully saturated rings. The van der Waals surface area contributed by atoms with Crippen LogP contribution in [0.2, 0.25) is 0 Å². The molecule has 1 N–H and O–H groups in total. The first-order chi connectivity index (χ1) is 17.3. The lowest BCUT2D eigenvalue weighted by molar-refractivity contribution is -0.274. The normalized spacial score (nSPS) is 19.8. The van der Waals surface area contributed by atoms with Gasteiger partial charge in [0.25, 0.3) is 0 Å². The molecule has 1 aromatic carbocycles. The number of anilines is 1. The monoisotopic (exact) mass is 506 g/mol. The largest absolute Gasteiger partial charge is 0.573 e. The van der Waals surface area contributed by atoms with Gasteiger partial charge in [-0.05, 0) is 50.8 Å². The van der Waals surface area contributed by atoms with E-state index >= 15 is 0 Å². The third-order valence-electron chi connectivity index (χ3n) is 6.80. The summed E-state index contributed by atoms with van der Waals surface area (Å²) in [5.74, 6) is 0.474. The van der Waals surface area contributed by atoms with Gasteiger partial charge in [-0.2, -0.15) is 0 Å². The number of urea groups is 1. The zero-order chi connectivity index (χ0) is 25.5. The fourth-order valence-corrected chi connectivity index (χ4v) is 4.86. The van der Waals surface area contributed by atoms with Crippen LogP contribution in [0.5, 0.6) is 5.75 Å². The van der Waals surface area contributed by atoms with Crippen LogP contribution in [0.4, 0.5) is 23.9 Å². The Labute approximate surface area is 209 Å². The van der Waals surface area contributed by atoms with Crippen LogP contribution < -0.4 is 15.0 Å². The highest BCUT2D eigenvalue weighted by Crippen LogP contribution is 2.24. The number of halogens is 3. The number of carbonyl (C=O) groups excluding carboxylic acids is 1. The first-order valence-electron chi connectivity index (χ1n) is 12.4. The number of ether oxygens (including phenoxy) is 1. The number of benzene rings is 1. The number of nitrogens with one attached hydrogen (secondary N) is 1. The number of aromatic nitrogens is 2. The Hall–Kier alpha value is -3.08. The Morgan fingerprint density at radius 2 is 1.78 bits per heavy atom. The highest BCUT2D eigenvalue weighted by molar-refractivity contribution is 5.74. The summed E-state index contributed by atoms with van der Waals surface area (Å²) in [6.07, 6.45) is 0.490. The Morgan fingerprint density at radius 3 is 2.42 bits per heavy atom. The maximum absolute atomic E-state index is 12.8. The molecule has 0 spiro atoms. The van der Waals surface area contributed by atoms with Gasteiger partial charge in [0.2, 0.25) is 5.95 Å². The maximum Gasteiger partial charge on any atom is 0.573 e. The van der Waals surface area contributed by atoms with Gasteiger partial charge in [0.05, 0.1) is 12.4 Å². The van der Waals surface area contributed by atoms with Crippen LogP contribution in [-0.4, -0.2) is 77.5 Å². The molecule has 0 saturated carbocycles. The number of piperidine rings is 1. The fraction of sp³-hybridized carbons (Fsp3) is 0.560. The molecule has 0 bridgehead atoms. The molecule has 2 aromatic rings. The number of hydrogen-bond donors (Lipinski definition) is 1. The van der Waals surface area contributed by atoms with Crippen molar-refractivity contribution >= 4 is 12.0 Å². The molecule has 1 atom stereocenters. The van der Waals surface area contributed by atoms with Crippen molar-refractivity contribution in [3.63, 3.8) is 0 Å². The summed E-state index contributed by atoms with van der Waals surface area (Å²) in [6.45, 7) is 7.22. The van der Waals surface area contributed by atoms with E-state index in [0.717, 1.165) is 51.3 Å². The standard InChI is InChI=1S/C25H33F3N6O2/c1-19-17-33(23-30-15-22(16-31-23)36-25(26,27)28)13-14-34(19)24(35)29-10-7-20-8-11-32(12-9-20)18-21-5-3-2-4-6-21/h2-6,15-16,19-20H,7-14,17-18H2,1H3,(H,29,35). The van der Waals surface area contributed by atoms with Gasteiger partial charge in [0.1, 0.15) is 0 Å². The lowest BCUT2D eigenvalue weighted by Gasteiger charge is -2.39. The Morgan fingerprint density at radius 1 is 1.08 bits per heavy atom. The highest BCUT2D eigenvalue weighted by atomic mass is 19.4. The van der Waals surface area contributed by atoms with Crippen LogP contribution in [0.3, 0.4) is 0 Å². The summed E-state index contributed by atoms with van der Waals surface area (Å²) < 4.78 is 40.8. The van der Waals surface area contributed by atoms with Crippen LogP contribution in [0.1, 0.15) is 31.7 Å². The molecule has 36 heavy (non-hydrogen) atoms. The first kappa shape index (κ1) is 26.0. The van der Waals surface area contributed by atoms with Crippen LogP contribution in [0.15, 0.2) is 42.7 Å². The Balaban J connectivity index is 1.15. The predicted molar refractivity (Wildman–Crippen MR) is 130 cm³/mol. The van der Waals surface area contributed by atoms with E-state index in [2.05, 4.69) is 49.2 Å². The van der Waals surface area contributed by atoms with Gasteiger partial charge >= 0.3 is 12.4 Å². The van der Waals surface area contributed by atoms with Crippen molar-refractivity contribution in [2.24, 2.45) is 5.92 Å². The molecule has 0 aliphatic carbocycles. The van der Waals surface area contributed by atoms with Crippen molar-refractivity contribution in [1.82, 2.24) is 25.1 Å².